The fourth-order valence-electron chi connectivity index (χ4n) is 6.07. The van der Waals surface area contributed by atoms with E-state index in [2.05, 4.69) is 13.8 Å². The van der Waals surface area contributed by atoms with Gasteiger partial charge in [-0.15, -0.1) is 0 Å². The van der Waals surface area contributed by atoms with Crippen LogP contribution in [0.5, 0.6) is 0 Å². The Kier molecular flexibility index (Phi) is 27.9. The van der Waals surface area contributed by atoms with Gasteiger partial charge in [0.25, 0.3) is 0 Å². The Morgan fingerprint density at radius 2 is 1.02 bits per heavy atom. The first-order valence-corrected chi connectivity index (χ1v) is 21.5. The number of carbonyl (C=O) groups excluding carboxylic acids is 2. The number of ether oxygens (including phenoxy) is 2. The van der Waals surface area contributed by atoms with Crippen LogP contribution in [0.4, 0.5) is 0 Å². The number of allylic oxidation sites excluding steroid dienone is 2. The van der Waals surface area contributed by atoms with Gasteiger partial charge in [0.15, 0.2) is 6.10 Å². The van der Waals surface area contributed by atoms with Crippen LogP contribution in [0.15, 0.2) is 12.2 Å². The molecule has 8 atom stereocenters. The largest absolute Gasteiger partial charge is 0.472 e. The Morgan fingerprint density at radius 3 is 1.54 bits per heavy atom. The molecular weight excluding hydrogens is 695 g/mol. The second-order valence-electron chi connectivity index (χ2n) is 14.1. The Balaban J connectivity index is 2.53. The van der Waals surface area contributed by atoms with Crippen molar-refractivity contribution in [3.8, 4) is 0 Å². The summed E-state index contributed by atoms with van der Waals surface area (Å²) in [5.74, 6) is -1.16. The summed E-state index contributed by atoms with van der Waals surface area (Å²) < 4.78 is 33.2. The molecule has 0 spiro atoms. The molecule has 1 saturated carbocycles. The van der Waals surface area contributed by atoms with Gasteiger partial charge in [0.05, 0.1) is 6.61 Å². The molecule has 1 aliphatic rings. The van der Waals surface area contributed by atoms with Crippen LogP contribution in [0.2, 0.25) is 0 Å². The van der Waals surface area contributed by atoms with Gasteiger partial charge in [-0.1, -0.05) is 135 Å². The highest BCUT2D eigenvalue weighted by Crippen LogP contribution is 2.47. The summed E-state index contributed by atoms with van der Waals surface area (Å²) >= 11 is 0. The summed E-state index contributed by atoms with van der Waals surface area (Å²) in [4.78, 5) is 35.3. The van der Waals surface area contributed by atoms with Crippen molar-refractivity contribution in [2.75, 3.05) is 13.2 Å². The highest BCUT2D eigenvalue weighted by atomic mass is 31.2. The number of phosphoric acid groups is 1. The summed E-state index contributed by atoms with van der Waals surface area (Å²) in [5.41, 5.74) is 0. The van der Waals surface area contributed by atoms with E-state index >= 15 is 0 Å². The number of phosphoric ester groups is 1. The van der Waals surface area contributed by atoms with Crippen molar-refractivity contribution in [1.82, 2.24) is 0 Å². The minimum atomic E-state index is -5.11. The lowest BCUT2D eigenvalue weighted by molar-refractivity contribution is -0.220. The molecule has 0 bridgehead atoms. The Bertz CT molecular complexity index is 980. The molecule has 52 heavy (non-hydrogen) atoms. The van der Waals surface area contributed by atoms with E-state index in [0.29, 0.717) is 12.8 Å². The summed E-state index contributed by atoms with van der Waals surface area (Å²) in [6.45, 7) is 3.20. The summed E-state index contributed by atoms with van der Waals surface area (Å²) in [6, 6.07) is 0. The lowest BCUT2D eigenvalue weighted by atomic mass is 9.85. The van der Waals surface area contributed by atoms with Gasteiger partial charge in [-0.25, -0.2) is 4.57 Å². The molecule has 0 aromatic rings. The van der Waals surface area contributed by atoms with Crippen molar-refractivity contribution >= 4 is 19.8 Å². The summed E-state index contributed by atoms with van der Waals surface area (Å²) in [7, 11) is -5.11. The SMILES string of the molecule is CCCCCCCCCCCCC/C=C/CCC(=O)O[C@H](COC(=O)CCCCCCCCCC)COP(=O)(O)OC1C(O)C(O)C(O)[C@@H](O)C1O. The van der Waals surface area contributed by atoms with E-state index in [4.69, 9.17) is 18.5 Å². The molecule has 1 rings (SSSR count). The van der Waals surface area contributed by atoms with E-state index < -0.39 is 75.7 Å². The number of rotatable bonds is 32. The van der Waals surface area contributed by atoms with Gasteiger partial charge >= 0.3 is 19.8 Å². The molecule has 0 heterocycles. The van der Waals surface area contributed by atoms with E-state index in [1.54, 1.807) is 0 Å². The van der Waals surface area contributed by atoms with Gasteiger partial charge in [-0.3, -0.25) is 18.6 Å². The third-order valence-corrected chi connectivity index (χ3v) is 10.4. The molecule has 0 aliphatic heterocycles. The molecule has 1 fully saturated rings. The maximum absolute atomic E-state index is 12.7. The molecule has 0 saturated heterocycles. The van der Waals surface area contributed by atoms with Gasteiger partial charge in [0.2, 0.25) is 0 Å². The first-order chi connectivity index (χ1) is 24.9. The van der Waals surface area contributed by atoms with Crippen LogP contribution in [0, 0.1) is 0 Å². The minimum absolute atomic E-state index is 0.0172. The average molecular weight is 767 g/mol. The number of hydrogen-bond donors (Lipinski definition) is 6. The predicted octanol–water partition coefficient (Wildman–Crippen LogP) is 6.33. The normalized spacial score (nSPS) is 23.8. The van der Waals surface area contributed by atoms with Gasteiger partial charge in [0.1, 0.15) is 43.2 Å². The molecule has 0 radical (unpaired) electrons. The van der Waals surface area contributed by atoms with Crippen molar-refractivity contribution in [3.05, 3.63) is 12.2 Å². The fourth-order valence-corrected chi connectivity index (χ4v) is 7.04. The minimum Gasteiger partial charge on any atom is -0.462 e. The first-order valence-electron chi connectivity index (χ1n) is 20.0. The highest BCUT2D eigenvalue weighted by Gasteiger charge is 2.51. The van der Waals surface area contributed by atoms with Crippen LogP contribution >= 0.6 is 7.82 Å². The third-order valence-electron chi connectivity index (χ3n) is 9.37. The van der Waals surface area contributed by atoms with E-state index in [9.17, 15) is 44.6 Å². The fraction of sp³-hybridized carbons (Fsp3) is 0.895. The van der Waals surface area contributed by atoms with Crippen molar-refractivity contribution in [1.29, 1.82) is 0 Å². The number of esters is 2. The van der Waals surface area contributed by atoms with Gasteiger partial charge in [-0.05, 0) is 25.7 Å². The second-order valence-corrected chi connectivity index (χ2v) is 15.5. The van der Waals surface area contributed by atoms with Crippen molar-refractivity contribution in [3.63, 3.8) is 0 Å². The zero-order valence-corrected chi connectivity index (χ0v) is 32.8. The molecule has 0 amide bonds. The van der Waals surface area contributed by atoms with Crippen LogP contribution in [-0.2, 0) is 32.7 Å². The Labute approximate surface area is 312 Å². The third kappa shape index (κ3) is 22.7. The topological polar surface area (TPSA) is 210 Å². The van der Waals surface area contributed by atoms with E-state index in [1.807, 2.05) is 12.2 Å². The highest BCUT2D eigenvalue weighted by molar-refractivity contribution is 7.47. The van der Waals surface area contributed by atoms with Crippen LogP contribution in [0.3, 0.4) is 0 Å². The predicted molar refractivity (Wildman–Crippen MR) is 198 cm³/mol. The lowest BCUT2D eigenvalue weighted by Gasteiger charge is -2.41. The smallest absolute Gasteiger partial charge is 0.462 e. The lowest BCUT2D eigenvalue weighted by Crippen LogP contribution is -2.64. The van der Waals surface area contributed by atoms with Crippen LogP contribution in [0.1, 0.15) is 162 Å². The number of aliphatic hydroxyl groups excluding tert-OH is 5. The van der Waals surface area contributed by atoms with Gasteiger partial charge < -0.3 is 39.9 Å². The number of carbonyl (C=O) groups is 2. The van der Waals surface area contributed by atoms with Gasteiger partial charge in [-0.2, -0.15) is 0 Å². The molecule has 1 aliphatic carbocycles. The zero-order valence-electron chi connectivity index (χ0n) is 31.9. The standard InChI is InChI=1S/C38H71O13P/c1-3-5-7-9-11-13-14-15-16-17-18-19-21-23-25-27-32(40)50-30(28-48-31(39)26-24-22-20-12-10-8-6-4-2)29-49-52(46,47)51-38-36(44)34(42)33(41)35(43)37(38)45/h21,23,30,33-38,41-45H,3-20,22,24-29H2,1-2H3,(H,46,47)/b23-21+/t30-,33?,34-,35?,36?,37?,38?/m1/s1. The Morgan fingerprint density at radius 1 is 0.577 bits per heavy atom. The van der Waals surface area contributed by atoms with Crippen LogP contribution in [-0.4, -0.2) is 98.3 Å². The summed E-state index contributed by atoms with van der Waals surface area (Å²) in [6.07, 6.45) is 14.6. The van der Waals surface area contributed by atoms with Crippen LogP contribution < -0.4 is 0 Å². The molecule has 6 unspecified atom stereocenters. The molecule has 13 nitrogen and oxygen atoms in total. The Hall–Kier alpha value is -1.41. The molecule has 0 aromatic heterocycles. The zero-order chi connectivity index (χ0) is 38.6. The molecule has 0 aromatic carbocycles. The van der Waals surface area contributed by atoms with Crippen molar-refractivity contribution in [2.24, 2.45) is 0 Å². The van der Waals surface area contributed by atoms with Crippen LogP contribution in [0.25, 0.3) is 0 Å². The maximum atomic E-state index is 12.7. The maximum Gasteiger partial charge on any atom is 0.472 e. The average Bonchev–Trinajstić information content (AvgIpc) is 3.12. The monoisotopic (exact) mass is 766 g/mol. The number of unbranched alkanes of at least 4 members (excludes halogenated alkanes) is 18. The molecule has 14 heteroatoms. The van der Waals surface area contributed by atoms with E-state index in [-0.39, 0.29) is 12.8 Å². The molecule has 6 N–H and O–H groups in total. The number of hydrogen-bond acceptors (Lipinski definition) is 12. The van der Waals surface area contributed by atoms with Gasteiger partial charge in [0, 0.05) is 12.8 Å². The van der Waals surface area contributed by atoms with E-state index in [0.717, 1.165) is 32.1 Å². The summed E-state index contributed by atoms with van der Waals surface area (Å²) in [5, 5.41) is 49.9. The number of aliphatic hydroxyl groups is 5. The van der Waals surface area contributed by atoms with E-state index in [1.165, 1.54) is 89.9 Å². The van der Waals surface area contributed by atoms with Crippen molar-refractivity contribution < 1.29 is 63.1 Å². The molecular formula is C38H71O13P. The van der Waals surface area contributed by atoms with Crippen molar-refractivity contribution in [2.45, 2.75) is 204 Å². The molecule has 306 valence electrons. The first kappa shape index (κ1) is 48.6. The second kappa shape index (κ2) is 29.9. The quantitative estimate of drug-likeness (QED) is 0.0192.